The topological polar surface area (TPSA) is 123 Å². The number of aromatic amines is 1. The fourth-order valence-electron chi connectivity index (χ4n) is 4.05. The smallest absolute Gasteiger partial charge is 0.271 e. The molecule has 0 spiro atoms. The zero-order chi connectivity index (χ0) is 22.6. The summed E-state index contributed by atoms with van der Waals surface area (Å²) in [5.41, 5.74) is 2.62. The molecule has 3 aromatic heterocycles. The predicted octanol–water partition coefficient (Wildman–Crippen LogP) is 3.02. The second-order valence-corrected chi connectivity index (χ2v) is 7.96. The Hall–Kier alpha value is -4.08. The lowest BCUT2D eigenvalue weighted by atomic mass is 9.94. The second kappa shape index (κ2) is 9.19. The monoisotopic (exact) mass is 445 g/mol. The number of nitrogens with one attached hydrogen (secondary N) is 1. The highest BCUT2D eigenvalue weighted by Crippen LogP contribution is 2.25. The van der Waals surface area contributed by atoms with Gasteiger partial charge in [-0.1, -0.05) is 17.3 Å². The molecule has 1 amide bonds. The third-order valence-corrected chi connectivity index (χ3v) is 5.70. The number of amides is 1. The summed E-state index contributed by atoms with van der Waals surface area (Å²) < 4.78 is 10.7. The van der Waals surface area contributed by atoms with Crippen LogP contribution in [-0.4, -0.2) is 61.3 Å². The van der Waals surface area contributed by atoms with Crippen molar-refractivity contribution in [3.63, 3.8) is 0 Å². The van der Waals surface area contributed by atoms with Crippen LogP contribution in [0.1, 0.15) is 29.2 Å². The fraction of sp³-hybridized carbons (Fsp3) is 0.304. The highest BCUT2D eigenvalue weighted by Gasteiger charge is 2.27. The molecule has 168 valence electrons. The Balaban J connectivity index is 1.24. The van der Waals surface area contributed by atoms with Crippen LogP contribution in [-0.2, 0) is 6.42 Å². The molecule has 1 aliphatic heterocycles. The number of hydrogen-bond acceptors (Lipinski definition) is 8. The molecule has 1 atom stereocenters. The first-order valence-electron chi connectivity index (χ1n) is 10.8. The van der Waals surface area contributed by atoms with Crippen LogP contribution in [0.2, 0.25) is 0 Å². The molecule has 5 rings (SSSR count). The Labute approximate surface area is 190 Å². The number of rotatable bonds is 6. The number of ether oxygens (including phenoxy) is 1. The number of aromatic nitrogens is 6. The van der Waals surface area contributed by atoms with Crippen LogP contribution >= 0.6 is 0 Å². The van der Waals surface area contributed by atoms with E-state index in [9.17, 15) is 4.79 Å². The largest absolute Gasteiger partial charge is 0.497 e. The van der Waals surface area contributed by atoms with E-state index in [4.69, 9.17) is 9.26 Å². The first-order chi connectivity index (χ1) is 16.2. The van der Waals surface area contributed by atoms with E-state index in [1.54, 1.807) is 31.8 Å². The molecule has 1 fully saturated rings. The van der Waals surface area contributed by atoms with Gasteiger partial charge in [-0.2, -0.15) is 10.1 Å². The first kappa shape index (κ1) is 20.8. The van der Waals surface area contributed by atoms with E-state index in [0.29, 0.717) is 48.3 Å². The van der Waals surface area contributed by atoms with Gasteiger partial charge in [-0.15, -0.1) is 0 Å². The molecule has 1 N–H and O–H groups in total. The number of likely N-dealkylation sites (tertiary alicyclic amines) is 1. The lowest BCUT2D eigenvalue weighted by Crippen LogP contribution is -2.40. The SMILES string of the molecule is COc1cccc(-c2cc(C(=O)N3CCCC(Cc4nc(-c5cnccn5)no4)C3)[nH]n2)c1. The molecule has 0 aliphatic carbocycles. The number of piperidine rings is 1. The van der Waals surface area contributed by atoms with Crippen molar-refractivity contribution in [1.82, 2.24) is 35.2 Å². The van der Waals surface area contributed by atoms with Crippen LogP contribution in [0.25, 0.3) is 22.8 Å². The molecule has 1 unspecified atom stereocenters. The molecule has 10 nitrogen and oxygen atoms in total. The van der Waals surface area contributed by atoms with Crippen molar-refractivity contribution in [3.8, 4) is 28.5 Å². The van der Waals surface area contributed by atoms with Gasteiger partial charge in [0.2, 0.25) is 11.7 Å². The first-order valence-corrected chi connectivity index (χ1v) is 10.8. The quantitative estimate of drug-likeness (QED) is 0.480. The molecule has 1 aromatic carbocycles. The number of methoxy groups -OCH3 is 1. The van der Waals surface area contributed by atoms with E-state index in [1.165, 1.54) is 0 Å². The van der Waals surface area contributed by atoms with Crippen LogP contribution in [0.15, 0.2) is 53.4 Å². The maximum absolute atomic E-state index is 13.1. The van der Waals surface area contributed by atoms with Crippen LogP contribution in [0.4, 0.5) is 0 Å². The molecule has 0 radical (unpaired) electrons. The highest BCUT2D eigenvalue weighted by atomic mass is 16.5. The third kappa shape index (κ3) is 4.59. The van der Waals surface area contributed by atoms with Crippen LogP contribution < -0.4 is 4.74 Å². The lowest BCUT2D eigenvalue weighted by Gasteiger charge is -2.31. The second-order valence-electron chi connectivity index (χ2n) is 7.96. The summed E-state index contributed by atoms with van der Waals surface area (Å²) in [5, 5.41) is 11.2. The molecular weight excluding hydrogens is 422 g/mol. The Morgan fingerprint density at radius 2 is 2.21 bits per heavy atom. The summed E-state index contributed by atoms with van der Waals surface area (Å²) in [7, 11) is 1.62. The summed E-state index contributed by atoms with van der Waals surface area (Å²) in [6, 6.07) is 9.37. The number of hydrogen-bond donors (Lipinski definition) is 1. The van der Waals surface area contributed by atoms with Gasteiger partial charge in [0.15, 0.2) is 0 Å². The summed E-state index contributed by atoms with van der Waals surface area (Å²) in [6.07, 6.45) is 7.29. The Morgan fingerprint density at radius 3 is 3.06 bits per heavy atom. The normalized spacial score (nSPS) is 16.0. The summed E-state index contributed by atoms with van der Waals surface area (Å²) in [4.78, 5) is 27.6. The van der Waals surface area contributed by atoms with Gasteiger partial charge in [-0.25, -0.2) is 4.98 Å². The summed E-state index contributed by atoms with van der Waals surface area (Å²) >= 11 is 0. The van der Waals surface area contributed by atoms with Crippen molar-refractivity contribution in [1.29, 1.82) is 0 Å². The minimum absolute atomic E-state index is 0.0628. The minimum atomic E-state index is -0.0628. The van der Waals surface area contributed by atoms with E-state index >= 15 is 0 Å². The molecule has 0 bridgehead atoms. The molecule has 4 heterocycles. The number of benzene rings is 1. The number of H-pyrrole nitrogens is 1. The van der Waals surface area contributed by atoms with Crippen LogP contribution in [0, 0.1) is 5.92 Å². The number of carbonyl (C=O) groups is 1. The third-order valence-electron chi connectivity index (χ3n) is 5.70. The van der Waals surface area contributed by atoms with Gasteiger partial charge in [-0.05, 0) is 37.0 Å². The molecule has 4 aromatic rings. The van der Waals surface area contributed by atoms with E-state index in [0.717, 1.165) is 24.2 Å². The molecule has 1 aliphatic rings. The zero-order valence-electron chi connectivity index (χ0n) is 18.1. The van der Waals surface area contributed by atoms with Gasteiger partial charge in [0.1, 0.15) is 17.1 Å². The molecular formula is C23H23N7O3. The van der Waals surface area contributed by atoms with Crippen LogP contribution in [0.3, 0.4) is 0 Å². The fourth-order valence-corrected chi connectivity index (χ4v) is 4.05. The lowest BCUT2D eigenvalue weighted by molar-refractivity contribution is 0.0662. The Kier molecular flexibility index (Phi) is 5.79. The molecule has 33 heavy (non-hydrogen) atoms. The Bertz CT molecular complexity index is 1240. The van der Waals surface area contributed by atoms with E-state index in [-0.39, 0.29) is 11.8 Å². The summed E-state index contributed by atoms with van der Waals surface area (Å²) in [6.45, 7) is 1.33. The molecule has 1 saturated heterocycles. The van der Waals surface area contributed by atoms with Gasteiger partial charge >= 0.3 is 0 Å². The van der Waals surface area contributed by atoms with Crippen molar-refractivity contribution in [2.24, 2.45) is 5.92 Å². The predicted molar refractivity (Wildman–Crippen MR) is 118 cm³/mol. The summed E-state index contributed by atoms with van der Waals surface area (Å²) in [5.74, 6) is 1.87. The average Bonchev–Trinajstić information content (AvgIpc) is 3.55. The standard InChI is InChI=1S/C23H23N7O3/c1-32-17-6-2-5-16(11-17)18-12-19(28-27-18)23(31)30-9-3-4-15(14-30)10-21-26-22(29-33-21)20-13-24-7-8-25-20/h2,5-8,11-13,15H,3-4,9-10,14H2,1H3,(H,27,28). The highest BCUT2D eigenvalue weighted by molar-refractivity contribution is 5.93. The average molecular weight is 445 g/mol. The van der Waals surface area contributed by atoms with E-state index in [1.807, 2.05) is 29.2 Å². The van der Waals surface area contributed by atoms with E-state index in [2.05, 4.69) is 30.3 Å². The van der Waals surface area contributed by atoms with Gasteiger partial charge < -0.3 is 14.2 Å². The maximum atomic E-state index is 13.1. The van der Waals surface area contributed by atoms with Crippen molar-refractivity contribution in [3.05, 3.63) is 60.5 Å². The van der Waals surface area contributed by atoms with Crippen molar-refractivity contribution in [2.45, 2.75) is 19.3 Å². The number of carbonyl (C=O) groups excluding carboxylic acids is 1. The van der Waals surface area contributed by atoms with Gasteiger partial charge in [0.05, 0.1) is 19.0 Å². The van der Waals surface area contributed by atoms with Gasteiger partial charge in [-0.3, -0.25) is 14.9 Å². The number of nitrogens with zero attached hydrogens (tertiary/aromatic N) is 6. The van der Waals surface area contributed by atoms with Gasteiger partial charge in [0.25, 0.3) is 5.91 Å². The van der Waals surface area contributed by atoms with Crippen molar-refractivity contribution < 1.29 is 14.1 Å². The van der Waals surface area contributed by atoms with E-state index < -0.39 is 0 Å². The van der Waals surface area contributed by atoms with Crippen molar-refractivity contribution >= 4 is 5.91 Å². The minimum Gasteiger partial charge on any atom is -0.497 e. The van der Waals surface area contributed by atoms with Gasteiger partial charge in [0, 0.05) is 37.5 Å². The molecule has 0 saturated carbocycles. The Morgan fingerprint density at radius 1 is 1.27 bits per heavy atom. The van der Waals surface area contributed by atoms with Crippen molar-refractivity contribution in [2.75, 3.05) is 20.2 Å². The maximum Gasteiger partial charge on any atom is 0.271 e. The molecule has 10 heteroatoms. The van der Waals surface area contributed by atoms with Crippen LogP contribution in [0.5, 0.6) is 5.75 Å². The zero-order valence-corrected chi connectivity index (χ0v) is 18.1.